The van der Waals surface area contributed by atoms with Gasteiger partial charge in [-0.3, -0.25) is 42.9 Å². The van der Waals surface area contributed by atoms with Crippen molar-refractivity contribution in [2.24, 2.45) is 23.3 Å². The van der Waals surface area contributed by atoms with Gasteiger partial charge in [-0.15, -0.1) is 0 Å². The second kappa shape index (κ2) is 22.7. The highest BCUT2D eigenvalue weighted by atomic mass is 32.3. The number of benzene rings is 2. The van der Waals surface area contributed by atoms with Crippen LogP contribution in [0, 0.1) is 11.8 Å². The fraction of sp³-hybridized carbons (Fsp3) is 0.459. The Bertz CT molecular complexity index is 1930. The number of aliphatic carboxylic acids is 1. The summed E-state index contributed by atoms with van der Waals surface area (Å²) in [5.74, 6) is -8.72. The van der Waals surface area contributed by atoms with Crippen molar-refractivity contribution in [2.75, 3.05) is 6.54 Å². The molecule has 0 bridgehead atoms. The standard InChI is InChI=1S/C37H52N8O13S/c1-19(2)30(36(53)40-18-28(39)46)45-37(54)31(20(3)4)44-35(52)27(17-29(47)48)43-34(51)26(16-22-9-7-6-8-10-22)42-32(49)21(5)41-33(50)25(38)15-23-11-13-24(14-12-23)58-59(55,56)57/h6-14,19-21,25-27,30-31H,15-18,38H2,1-5H3,(H2,39,46)(H,40,53)(H,41,50)(H,42,49)(H,43,51)(H,44,52)(H,45,54)(H,47,48)(H,55,56,57)/t21-,25+,26+,27+,30+,31+/m1/s1. The zero-order chi connectivity index (χ0) is 44.6. The molecule has 0 aromatic heterocycles. The highest BCUT2D eigenvalue weighted by molar-refractivity contribution is 7.81. The lowest BCUT2D eigenvalue weighted by atomic mass is 9.99. The summed E-state index contributed by atoms with van der Waals surface area (Å²) in [6.45, 7) is 7.25. The molecule has 6 atom stereocenters. The van der Waals surface area contributed by atoms with Crippen molar-refractivity contribution in [3.8, 4) is 5.75 Å². The van der Waals surface area contributed by atoms with Crippen LogP contribution in [-0.2, 0) is 61.6 Å². The summed E-state index contributed by atoms with van der Waals surface area (Å²) in [6, 6.07) is 5.56. The molecule has 0 aliphatic carbocycles. The number of nitrogens with two attached hydrogens (primary N) is 2. The number of carboxylic acids is 1. The number of amides is 7. The van der Waals surface area contributed by atoms with Crippen LogP contribution in [0.1, 0.15) is 52.2 Å². The monoisotopic (exact) mass is 848 g/mol. The van der Waals surface area contributed by atoms with Crippen LogP contribution in [0.3, 0.4) is 0 Å². The van der Waals surface area contributed by atoms with Gasteiger partial charge in [0, 0.05) is 6.42 Å². The molecule has 0 saturated carbocycles. The second-order valence-corrected chi connectivity index (χ2v) is 15.3. The summed E-state index contributed by atoms with van der Waals surface area (Å²) in [7, 11) is -4.74. The van der Waals surface area contributed by atoms with Gasteiger partial charge in [-0.1, -0.05) is 70.2 Å². The van der Waals surface area contributed by atoms with E-state index < -0.39 is 119 Å². The Hall–Kier alpha value is -6.13. The van der Waals surface area contributed by atoms with Crippen LogP contribution in [-0.4, -0.2) is 108 Å². The molecule has 21 nitrogen and oxygen atoms in total. The van der Waals surface area contributed by atoms with Gasteiger partial charge in [-0.2, -0.15) is 8.42 Å². The maximum Gasteiger partial charge on any atom is 0.446 e. The van der Waals surface area contributed by atoms with Crippen molar-refractivity contribution in [2.45, 2.75) is 90.1 Å². The van der Waals surface area contributed by atoms with Crippen molar-refractivity contribution in [1.29, 1.82) is 0 Å². The average molecular weight is 849 g/mol. The molecule has 2 aromatic carbocycles. The highest BCUT2D eigenvalue weighted by Gasteiger charge is 2.35. The summed E-state index contributed by atoms with van der Waals surface area (Å²) in [6.07, 6.45) is -1.12. The first-order valence-electron chi connectivity index (χ1n) is 18.3. The Morgan fingerprint density at radius 1 is 0.644 bits per heavy atom. The molecular weight excluding hydrogens is 797 g/mol. The molecule has 59 heavy (non-hydrogen) atoms. The molecule has 2 rings (SSSR count). The van der Waals surface area contributed by atoms with Crippen LogP contribution in [0.15, 0.2) is 54.6 Å². The van der Waals surface area contributed by atoms with Gasteiger partial charge >= 0.3 is 16.4 Å². The Morgan fingerprint density at radius 2 is 1.15 bits per heavy atom. The van der Waals surface area contributed by atoms with E-state index in [0.29, 0.717) is 11.1 Å². The predicted molar refractivity (Wildman–Crippen MR) is 210 cm³/mol. The molecule has 0 aliphatic heterocycles. The van der Waals surface area contributed by atoms with Gasteiger partial charge < -0.3 is 52.7 Å². The molecule has 0 unspecified atom stereocenters. The van der Waals surface area contributed by atoms with Crippen molar-refractivity contribution in [3.63, 3.8) is 0 Å². The zero-order valence-electron chi connectivity index (χ0n) is 33.1. The fourth-order valence-electron chi connectivity index (χ4n) is 5.40. The van der Waals surface area contributed by atoms with E-state index in [9.17, 15) is 51.9 Å². The molecular formula is C37H52N8O13S. The summed E-state index contributed by atoms with van der Waals surface area (Å²) in [5.41, 5.74) is 12.2. The lowest BCUT2D eigenvalue weighted by molar-refractivity contribution is -0.141. The molecule has 2 aromatic rings. The minimum absolute atomic E-state index is 0.0533. The molecule has 12 N–H and O–H groups in total. The third-order valence-corrected chi connectivity index (χ3v) is 8.93. The number of hydrogen-bond donors (Lipinski definition) is 10. The van der Waals surface area contributed by atoms with E-state index >= 15 is 0 Å². The predicted octanol–water partition coefficient (Wildman–Crippen LogP) is -2.19. The highest BCUT2D eigenvalue weighted by Crippen LogP contribution is 2.15. The number of rotatable bonds is 23. The van der Waals surface area contributed by atoms with E-state index in [2.05, 4.69) is 36.1 Å². The van der Waals surface area contributed by atoms with Crippen LogP contribution < -0.4 is 47.6 Å². The molecule has 0 radical (unpaired) electrons. The van der Waals surface area contributed by atoms with Crippen molar-refractivity contribution in [3.05, 3.63) is 65.7 Å². The quantitative estimate of drug-likeness (QED) is 0.0532. The normalized spacial score (nSPS) is 14.3. The van der Waals surface area contributed by atoms with Gasteiger partial charge in [-0.05, 0) is 48.4 Å². The topological polar surface area (TPSA) is 345 Å². The van der Waals surface area contributed by atoms with Gasteiger partial charge in [0.1, 0.15) is 36.0 Å². The molecule has 0 heterocycles. The smallest absolute Gasteiger partial charge is 0.446 e. The largest absolute Gasteiger partial charge is 0.481 e. The van der Waals surface area contributed by atoms with Gasteiger partial charge in [0.15, 0.2) is 0 Å². The summed E-state index contributed by atoms with van der Waals surface area (Å²) in [5, 5.41) is 24.3. The maximum absolute atomic E-state index is 13.8. The maximum atomic E-state index is 13.8. The summed E-state index contributed by atoms with van der Waals surface area (Å²) >= 11 is 0. The van der Waals surface area contributed by atoms with E-state index in [4.69, 9.17) is 16.0 Å². The van der Waals surface area contributed by atoms with E-state index in [1.165, 1.54) is 31.2 Å². The number of carbonyl (C=O) groups excluding carboxylic acids is 7. The van der Waals surface area contributed by atoms with Crippen LogP contribution in [0.2, 0.25) is 0 Å². The van der Waals surface area contributed by atoms with Crippen molar-refractivity contribution >= 4 is 57.7 Å². The van der Waals surface area contributed by atoms with Gasteiger partial charge in [0.25, 0.3) is 0 Å². The van der Waals surface area contributed by atoms with Crippen LogP contribution in [0.5, 0.6) is 5.75 Å². The Kier molecular flexibility index (Phi) is 18.9. The first kappa shape index (κ1) is 49.0. The molecule has 0 saturated heterocycles. The molecule has 324 valence electrons. The first-order valence-corrected chi connectivity index (χ1v) is 19.7. The minimum Gasteiger partial charge on any atom is -0.481 e. The summed E-state index contributed by atoms with van der Waals surface area (Å²) < 4.78 is 35.0. The first-order chi connectivity index (χ1) is 27.5. The molecule has 0 aliphatic rings. The molecule has 22 heteroatoms. The van der Waals surface area contributed by atoms with E-state index in [1.54, 1.807) is 58.0 Å². The fourth-order valence-corrected chi connectivity index (χ4v) is 5.75. The number of carbonyl (C=O) groups is 8. The lowest BCUT2D eigenvalue weighted by Crippen LogP contribution is -2.61. The number of carboxylic acid groups (broad SMARTS) is 1. The van der Waals surface area contributed by atoms with Gasteiger partial charge in [0.05, 0.1) is 19.0 Å². The third-order valence-electron chi connectivity index (χ3n) is 8.53. The Balaban J connectivity index is 2.22. The SMILES string of the molecule is CC(C)[C@H](NC(=O)[C@H](CC(=O)O)NC(=O)[C@H](Cc1ccccc1)NC(=O)[C@@H](C)NC(=O)[C@@H](N)Cc1ccc(OS(=O)(=O)O)cc1)C(=O)N[C@H](C(=O)NCC(N)=O)C(C)C. The van der Waals surface area contributed by atoms with E-state index in [1.807, 2.05) is 0 Å². The van der Waals surface area contributed by atoms with E-state index in [-0.39, 0.29) is 18.6 Å². The van der Waals surface area contributed by atoms with Crippen LogP contribution in [0.25, 0.3) is 0 Å². The van der Waals surface area contributed by atoms with Crippen LogP contribution in [0.4, 0.5) is 0 Å². The minimum atomic E-state index is -4.74. The Morgan fingerprint density at radius 3 is 1.68 bits per heavy atom. The van der Waals surface area contributed by atoms with Crippen LogP contribution >= 0.6 is 0 Å². The molecule has 7 amide bonds. The average Bonchev–Trinajstić information content (AvgIpc) is 3.14. The van der Waals surface area contributed by atoms with Crippen molar-refractivity contribution in [1.82, 2.24) is 31.9 Å². The Labute approximate surface area is 341 Å². The number of primary amides is 1. The van der Waals surface area contributed by atoms with E-state index in [0.717, 1.165) is 0 Å². The summed E-state index contributed by atoms with van der Waals surface area (Å²) in [4.78, 5) is 103. The lowest BCUT2D eigenvalue weighted by Gasteiger charge is -2.29. The van der Waals surface area contributed by atoms with Gasteiger partial charge in [-0.25, -0.2) is 0 Å². The number of nitrogens with one attached hydrogen (secondary N) is 6. The zero-order valence-corrected chi connectivity index (χ0v) is 33.9. The number of hydrogen-bond acceptors (Lipinski definition) is 12. The molecule has 0 fully saturated rings. The van der Waals surface area contributed by atoms with Gasteiger partial charge in [0.2, 0.25) is 41.4 Å². The second-order valence-electron chi connectivity index (χ2n) is 14.3. The molecule has 0 spiro atoms. The van der Waals surface area contributed by atoms with Crippen molar-refractivity contribution < 1.29 is 60.6 Å². The third kappa shape index (κ3) is 17.5.